The Balaban J connectivity index is 0.00000722. The van der Waals surface area contributed by atoms with E-state index in [9.17, 15) is 29.1 Å². The Labute approximate surface area is 424 Å². The van der Waals surface area contributed by atoms with Crippen molar-refractivity contribution in [3.05, 3.63) is 144 Å². The van der Waals surface area contributed by atoms with Gasteiger partial charge in [-0.05, 0) is 0 Å². The Bertz CT molecular complexity index is 3000. The van der Waals surface area contributed by atoms with Gasteiger partial charge in [-0.3, -0.25) is 0 Å². The minimum atomic E-state index is -4.34. The summed E-state index contributed by atoms with van der Waals surface area (Å²) in [6, 6.07) is 33.6. The van der Waals surface area contributed by atoms with Crippen LogP contribution < -0.4 is 4.74 Å². The van der Waals surface area contributed by atoms with E-state index in [-0.39, 0.29) is 73.7 Å². The van der Waals surface area contributed by atoms with Crippen LogP contribution in [0.3, 0.4) is 0 Å². The predicted molar refractivity (Wildman–Crippen MR) is 261 cm³/mol. The van der Waals surface area contributed by atoms with Crippen molar-refractivity contribution in [1.29, 1.82) is 0 Å². The Morgan fingerprint density at radius 2 is 0.882 bits per heavy atom. The molecular formula is C56H52F6N2OPtSe2. The summed E-state index contributed by atoms with van der Waals surface area (Å²) in [5.41, 5.74) is 3.08. The molecule has 8 rings (SSSR count). The average Bonchev–Trinajstić information content (AvgIpc) is 3.78. The largest absolute Gasteiger partial charge is 2.00 e. The number of rotatable bonds is 10. The number of hydrogen-bond acceptors (Lipinski definition) is 3. The van der Waals surface area contributed by atoms with E-state index in [1.54, 1.807) is 36.7 Å². The standard InChI is InChI=1S/C56H52F6N2OSe2.Pt/c1-51(2,3)41-23-39(47-49-37(19-21-63-47)27-45(66-49)35-15-11-33(12-16-35)31-53(7,8)55(57,58)59)25-43(29-41)65-44-26-40(24-42(30-44)52(4,5)6)48-50-38(20-22-64-48)28-46(67-50)36-17-13-34(14-18-36)32-54(9,10)56(60,61)62;/h11-24,27-30H,31-32H2,1-10H3;/q-2;+2/i27D,28D;. The van der Waals surface area contributed by atoms with Crippen LogP contribution in [0.4, 0.5) is 26.3 Å². The second-order valence-electron chi connectivity index (χ2n) is 20.6. The number of benzene rings is 4. The number of ether oxygens (including phenoxy) is 1. The monoisotopic (exact) mass is 1240 g/mol. The van der Waals surface area contributed by atoms with Gasteiger partial charge in [-0.25, -0.2) is 0 Å². The molecule has 356 valence electrons. The van der Waals surface area contributed by atoms with E-state index >= 15 is 0 Å². The van der Waals surface area contributed by atoms with E-state index in [1.165, 1.54) is 27.7 Å². The second-order valence-corrected chi connectivity index (χ2v) is 24.9. The van der Waals surface area contributed by atoms with E-state index in [1.807, 2.05) is 48.5 Å². The van der Waals surface area contributed by atoms with E-state index in [4.69, 9.17) is 14.7 Å². The molecule has 68 heavy (non-hydrogen) atoms. The van der Waals surface area contributed by atoms with Crippen LogP contribution >= 0.6 is 0 Å². The molecule has 0 bridgehead atoms. The molecule has 0 saturated carbocycles. The maximum atomic E-state index is 13.7. The molecule has 4 heterocycles. The molecule has 4 aromatic carbocycles. The van der Waals surface area contributed by atoms with Gasteiger partial charge in [0.1, 0.15) is 0 Å². The molecule has 0 fully saturated rings. The molecule has 0 N–H and O–H groups in total. The van der Waals surface area contributed by atoms with Gasteiger partial charge in [0.15, 0.2) is 0 Å². The minimum Gasteiger partial charge on any atom is 2.00 e. The van der Waals surface area contributed by atoms with Crippen LogP contribution in [0.5, 0.6) is 11.5 Å². The molecule has 0 spiro atoms. The summed E-state index contributed by atoms with van der Waals surface area (Å²) in [6.07, 6.45) is -5.59. The normalized spacial score (nSPS) is 13.4. The Hall–Kier alpha value is -4.23. The fourth-order valence-electron chi connectivity index (χ4n) is 7.65. The summed E-state index contributed by atoms with van der Waals surface area (Å²) in [7, 11) is 0. The molecule has 0 saturated heterocycles. The Kier molecular flexibility index (Phi) is 13.5. The zero-order valence-electron chi connectivity index (χ0n) is 41.4. The van der Waals surface area contributed by atoms with Gasteiger partial charge in [0.05, 0.1) is 0 Å². The molecule has 0 aliphatic heterocycles. The van der Waals surface area contributed by atoms with Crippen LogP contribution in [0, 0.1) is 23.0 Å². The van der Waals surface area contributed by atoms with Crippen molar-refractivity contribution in [2.45, 2.75) is 105 Å². The van der Waals surface area contributed by atoms with Crippen molar-refractivity contribution >= 4 is 48.3 Å². The number of alkyl halides is 6. The zero-order chi connectivity index (χ0) is 50.2. The first-order chi connectivity index (χ1) is 32.0. The van der Waals surface area contributed by atoms with Gasteiger partial charge in [0.25, 0.3) is 0 Å². The molecule has 0 atom stereocenters. The SMILES string of the molecule is [2H]c1c(-c2ccc(CC(C)(C)C(F)(F)F)cc2)[se]c2c(-c3[c-]c(Oc4[c-]c(-c5nccc6c([2H])c(-c7ccc(CC(C)(C)C(F)(F)F)cc7)[se]c56)cc(C(C)(C)C)c4)cc(C(C)(C)C)c3)nccc12.[Pt+2]. The summed E-state index contributed by atoms with van der Waals surface area (Å²) in [4.78, 5) is 9.73. The van der Waals surface area contributed by atoms with Gasteiger partial charge >= 0.3 is 427 Å². The Morgan fingerprint density at radius 1 is 0.529 bits per heavy atom. The third-order valence-electron chi connectivity index (χ3n) is 12.1. The van der Waals surface area contributed by atoms with Crippen LogP contribution in [0.1, 0.15) is 94.2 Å². The molecule has 0 aliphatic rings. The van der Waals surface area contributed by atoms with Gasteiger partial charge in [0, 0.05) is 0 Å². The summed E-state index contributed by atoms with van der Waals surface area (Å²) in [6.45, 7) is 17.5. The maximum Gasteiger partial charge on any atom is 2.00 e. The first kappa shape index (κ1) is 48.8. The van der Waals surface area contributed by atoms with Crippen LogP contribution in [0.25, 0.3) is 61.8 Å². The first-order valence-electron chi connectivity index (χ1n) is 22.9. The van der Waals surface area contributed by atoms with Crippen molar-refractivity contribution in [2.75, 3.05) is 0 Å². The molecular weight excluding hydrogens is 1180 g/mol. The molecule has 3 nitrogen and oxygen atoms in total. The average molecular weight is 1240 g/mol. The van der Waals surface area contributed by atoms with Gasteiger partial charge in [-0.1, -0.05) is 0 Å². The van der Waals surface area contributed by atoms with Crippen LogP contribution in [-0.4, -0.2) is 51.3 Å². The van der Waals surface area contributed by atoms with Crippen LogP contribution in [0.15, 0.2) is 109 Å². The zero-order valence-corrected chi connectivity index (χ0v) is 45.1. The fourth-order valence-corrected chi connectivity index (χ4v) is 12.3. The fraction of sp³-hybridized carbons (Fsp3) is 0.321. The van der Waals surface area contributed by atoms with Crippen molar-refractivity contribution < 1.29 is 54.9 Å². The third-order valence-corrected chi connectivity index (χ3v) is 17.0. The molecule has 0 aliphatic carbocycles. The van der Waals surface area contributed by atoms with E-state index in [0.717, 1.165) is 50.4 Å². The molecule has 0 amide bonds. The quantitative estimate of drug-likeness (QED) is 0.0778. The van der Waals surface area contributed by atoms with Crippen molar-refractivity contribution in [2.24, 2.45) is 10.8 Å². The van der Waals surface area contributed by atoms with Crippen LogP contribution in [0.2, 0.25) is 0 Å². The number of fused-ring (bicyclic) bond motifs is 2. The number of aromatic nitrogens is 2. The third kappa shape index (κ3) is 11.0. The van der Waals surface area contributed by atoms with E-state index < -0.39 is 23.2 Å². The van der Waals surface area contributed by atoms with Gasteiger partial charge in [-0.2, -0.15) is 0 Å². The summed E-state index contributed by atoms with van der Waals surface area (Å²) in [5.74, 6) is 0.893. The van der Waals surface area contributed by atoms with Crippen molar-refractivity contribution in [3.63, 3.8) is 0 Å². The van der Waals surface area contributed by atoms with Crippen LogP contribution in [-0.2, 0) is 44.7 Å². The van der Waals surface area contributed by atoms with E-state index in [2.05, 4.69) is 65.8 Å². The topological polar surface area (TPSA) is 35.0 Å². The molecule has 0 radical (unpaired) electrons. The number of pyridine rings is 2. The molecule has 0 unspecified atom stereocenters. The van der Waals surface area contributed by atoms with E-state index in [0.29, 0.717) is 57.2 Å². The van der Waals surface area contributed by atoms with Gasteiger partial charge in [0.2, 0.25) is 0 Å². The number of nitrogens with zero attached hydrogens (tertiary/aromatic N) is 2. The summed E-state index contributed by atoms with van der Waals surface area (Å²) in [5, 5.41) is 1.51. The summed E-state index contributed by atoms with van der Waals surface area (Å²) >= 11 is -0.706. The summed E-state index contributed by atoms with van der Waals surface area (Å²) < 4.78 is 111. The van der Waals surface area contributed by atoms with Crippen molar-refractivity contribution in [3.8, 4) is 54.0 Å². The predicted octanol–water partition coefficient (Wildman–Crippen LogP) is 15.8. The first-order valence-corrected chi connectivity index (χ1v) is 25.4. The second kappa shape index (κ2) is 18.8. The Morgan fingerprint density at radius 3 is 1.21 bits per heavy atom. The van der Waals surface area contributed by atoms with Gasteiger partial charge < -0.3 is 0 Å². The maximum absolute atomic E-state index is 13.7. The minimum absolute atomic E-state index is 0. The molecule has 8 aromatic rings. The molecule has 12 heteroatoms. The smallest absolute Gasteiger partial charge is 2.00 e. The number of halogens is 6. The van der Waals surface area contributed by atoms with Crippen molar-refractivity contribution in [1.82, 2.24) is 9.97 Å². The van der Waals surface area contributed by atoms with Gasteiger partial charge in [-0.15, -0.1) is 0 Å². The molecule has 4 aromatic heterocycles. The number of hydrogen-bond donors (Lipinski definition) is 0.